The molecular weight excluding hydrogens is 332 g/mol. The Morgan fingerprint density at radius 2 is 2.00 bits per heavy atom. The molecule has 24 heavy (non-hydrogen) atoms. The molecule has 0 unspecified atom stereocenters. The van der Waals surface area contributed by atoms with Crippen LogP contribution in [0.15, 0.2) is 47.1 Å². The van der Waals surface area contributed by atoms with Gasteiger partial charge in [0, 0.05) is 13.2 Å². The maximum atomic E-state index is 12.2. The summed E-state index contributed by atoms with van der Waals surface area (Å²) in [5.74, 6) is 0.410. The minimum atomic E-state index is -3.45. The summed E-state index contributed by atoms with van der Waals surface area (Å²) in [6.07, 6.45) is 3.26. The van der Waals surface area contributed by atoms with Gasteiger partial charge in [0.15, 0.2) is 0 Å². The average Bonchev–Trinajstić information content (AvgIpc) is 3.03. The van der Waals surface area contributed by atoms with Crippen molar-refractivity contribution in [2.75, 3.05) is 24.1 Å². The Kier molecular flexibility index (Phi) is 6.39. The molecule has 0 bridgehead atoms. The minimum Gasteiger partial charge on any atom is -0.467 e. The number of hydrogen-bond donors (Lipinski definition) is 2. The smallest absolute Gasteiger partial charge is 0.253 e. The van der Waals surface area contributed by atoms with Crippen LogP contribution >= 0.6 is 0 Å². The Bertz CT molecular complexity index is 757. The number of hydrogen-bond acceptors (Lipinski definition) is 5. The van der Waals surface area contributed by atoms with Gasteiger partial charge in [-0.3, -0.25) is 9.52 Å². The second-order valence-corrected chi connectivity index (χ2v) is 6.91. The monoisotopic (exact) mass is 352 g/mol. The van der Waals surface area contributed by atoms with Gasteiger partial charge in [-0.05, 0) is 30.7 Å². The quantitative estimate of drug-likeness (QED) is 0.673. The van der Waals surface area contributed by atoms with Crippen molar-refractivity contribution in [1.82, 2.24) is 5.32 Å². The molecule has 1 aromatic carbocycles. The molecule has 7 nitrogen and oxygen atoms in total. The van der Waals surface area contributed by atoms with Crippen LogP contribution in [0.3, 0.4) is 0 Å². The topological polar surface area (TPSA) is 97.6 Å². The van der Waals surface area contributed by atoms with Gasteiger partial charge in [-0.15, -0.1) is 0 Å². The van der Waals surface area contributed by atoms with Gasteiger partial charge in [-0.25, -0.2) is 8.42 Å². The highest BCUT2D eigenvalue weighted by Gasteiger charge is 2.13. The summed E-state index contributed by atoms with van der Waals surface area (Å²) in [5, 5.41) is 2.74. The lowest BCUT2D eigenvalue weighted by Gasteiger charge is -2.11. The fraction of sp³-hybridized carbons (Fsp3) is 0.312. The van der Waals surface area contributed by atoms with Gasteiger partial charge in [-0.2, -0.15) is 0 Å². The number of carbonyl (C=O) groups excluding carboxylic acids is 1. The SMILES string of the molecule is CS(=O)(=O)Nc1ccccc1C(=O)NCCCOCc1ccco1. The molecule has 8 heteroatoms. The van der Waals surface area contributed by atoms with E-state index in [1.54, 1.807) is 36.6 Å². The summed E-state index contributed by atoms with van der Waals surface area (Å²) in [7, 11) is -3.45. The third-order valence-corrected chi connectivity index (χ3v) is 3.63. The van der Waals surface area contributed by atoms with Crippen LogP contribution in [0.2, 0.25) is 0 Å². The van der Waals surface area contributed by atoms with E-state index >= 15 is 0 Å². The van der Waals surface area contributed by atoms with E-state index < -0.39 is 10.0 Å². The lowest BCUT2D eigenvalue weighted by atomic mass is 10.1. The maximum absolute atomic E-state index is 12.2. The van der Waals surface area contributed by atoms with Gasteiger partial charge in [0.2, 0.25) is 10.0 Å². The molecule has 0 aliphatic rings. The van der Waals surface area contributed by atoms with Crippen LogP contribution in [0.25, 0.3) is 0 Å². The second kappa shape index (κ2) is 8.51. The van der Waals surface area contributed by atoms with Crippen molar-refractivity contribution in [1.29, 1.82) is 0 Å². The average molecular weight is 352 g/mol. The van der Waals surface area contributed by atoms with Crippen LogP contribution in [0.5, 0.6) is 0 Å². The van der Waals surface area contributed by atoms with E-state index in [-0.39, 0.29) is 17.2 Å². The summed E-state index contributed by atoms with van der Waals surface area (Å²) in [5.41, 5.74) is 0.533. The molecule has 1 amide bonds. The molecule has 0 saturated carbocycles. The molecule has 0 saturated heterocycles. The Balaban J connectivity index is 1.76. The molecule has 0 atom stereocenters. The molecule has 130 valence electrons. The van der Waals surface area contributed by atoms with Gasteiger partial charge in [0.25, 0.3) is 5.91 Å². The first-order valence-corrected chi connectivity index (χ1v) is 9.30. The predicted octanol–water partition coefficient (Wildman–Crippen LogP) is 1.99. The maximum Gasteiger partial charge on any atom is 0.253 e. The Morgan fingerprint density at radius 3 is 2.71 bits per heavy atom. The highest BCUT2D eigenvalue weighted by molar-refractivity contribution is 7.92. The third-order valence-electron chi connectivity index (χ3n) is 3.04. The molecule has 2 N–H and O–H groups in total. The Morgan fingerprint density at radius 1 is 1.21 bits per heavy atom. The van der Waals surface area contributed by atoms with E-state index in [1.165, 1.54) is 0 Å². The van der Waals surface area contributed by atoms with Gasteiger partial charge in [0.05, 0.1) is 23.8 Å². The summed E-state index contributed by atoms with van der Waals surface area (Å²) in [4.78, 5) is 12.2. The number of sulfonamides is 1. The number of furan rings is 1. The fourth-order valence-electron chi connectivity index (χ4n) is 2.01. The van der Waals surface area contributed by atoms with E-state index in [4.69, 9.17) is 9.15 Å². The number of nitrogens with one attached hydrogen (secondary N) is 2. The van der Waals surface area contributed by atoms with Crippen molar-refractivity contribution in [3.63, 3.8) is 0 Å². The van der Waals surface area contributed by atoms with Crippen LogP contribution in [-0.4, -0.2) is 33.7 Å². The zero-order valence-corrected chi connectivity index (χ0v) is 14.1. The number of benzene rings is 1. The van der Waals surface area contributed by atoms with E-state index in [0.717, 1.165) is 12.0 Å². The van der Waals surface area contributed by atoms with Crippen molar-refractivity contribution >= 4 is 21.6 Å². The van der Waals surface area contributed by atoms with Crippen LogP contribution in [0.4, 0.5) is 5.69 Å². The van der Waals surface area contributed by atoms with Gasteiger partial charge < -0.3 is 14.5 Å². The number of amides is 1. The molecule has 0 aliphatic heterocycles. The second-order valence-electron chi connectivity index (χ2n) is 5.16. The minimum absolute atomic E-state index is 0.256. The molecule has 2 aromatic rings. The molecule has 0 fully saturated rings. The van der Waals surface area contributed by atoms with Crippen molar-refractivity contribution in [3.8, 4) is 0 Å². The summed E-state index contributed by atoms with van der Waals surface area (Å²) >= 11 is 0. The lowest BCUT2D eigenvalue weighted by Crippen LogP contribution is -2.26. The molecule has 0 aliphatic carbocycles. The summed E-state index contributed by atoms with van der Waals surface area (Å²) in [6.45, 7) is 1.29. The highest BCUT2D eigenvalue weighted by atomic mass is 32.2. The molecule has 1 heterocycles. The number of ether oxygens (including phenoxy) is 1. The summed E-state index contributed by atoms with van der Waals surface area (Å²) < 4.78 is 35.6. The Labute approximate surface area is 141 Å². The van der Waals surface area contributed by atoms with Crippen molar-refractivity contribution in [2.24, 2.45) is 0 Å². The van der Waals surface area contributed by atoms with Crippen LogP contribution < -0.4 is 10.0 Å². The number of rotatable bonds is 9. The van der Waals surface area contributed by atoms with Crippen molar-refractivity contribution < 1.29 is 22.4 Å². The van der Waals surface area contributed by atoms with E-state index in [1.807, 2.05) is 6.07 Å². The first-order valence-electron chi connectivity index (χ1n) is 7.41. The molecule has 2 rings (SSSR count). The zero-order valence-electron chi connectivity index (χ0n) is 13.3. The van der Waals surface area contributed by atoms with Crippen molar-refractivity contribution in [2.45, 2.75) is 13.0 Å². The van der Waals surface area contributed by atoms with Crippen LogP contribution in [0.1, 0.15) is 22.5 Å². The molecule has 1 aromatic heterocycles. The van der Waals surface area contributed by atoms with Crippen molar-refractivity contribution in [3.05, 3.63) is 54.0 Å². The number of carbonyl (C=O) groups is 1. The lowest BCUT2D eigenvalue weighted by molar-refractivity contribution is 0.0917. The van der Waals surface area contributed by atoms with Crippen LogP contribution in [-0.2, 0) is 21.4 Å². The van der Waals surface area contributed by atoms with Gasteiger partial charge in [-0.1, -0.05) is 12.1 Å². The van der Waals surface area contributed by atoms with Gasteiger partial charge >= 0.3 is 0 Å². The van der Waals surface area contributed by atoms with E-state index in [9.17, 15) is 13.2 Å². The third kappa shape index (κ3) is 6.05. The molecule has 0 spiro atoms. The summed E-state index contributed by atoms with van der Waals surface area (Å²) in [6, 6.07) is 10.1. The van der Waals surface area contributed by atoms with E-state index in [0.29, 0.717) is 26.2 Å². The van der Waals surface area contributed by atoms with E-state index in [2.05, 4.69) is 10.0 Å². The zero-order chi connectivity index (χ0) is 17.4. The molecular formula is C16H20N2O5S. The Hall–Kier alpha value is -2.32. The number of para-hydroxylation sites is 1. The standard InChI is InChI=1S/C16H20N2O5S/c1-24(20,21)18-15-8-3-2-7-14(15)16(19)17-9-5-10-22-12-13-6-4-11-23-13/h2-4,6-8,11,18H,5,9-10,12H2,1H3,(H,17,19). The number of anilines is 1. The largest absolute Gasteiger partial charge is 0.467 e. The fourth-order valence-corrected chi connectivity index (χ4v) is 2.59. The molecule has 0 radical (unpaired) electrons. The van der Waals surface area contributed by atoms with Crippen LogP contribution in [0, 0.1) is 0 Å². The highest BCUT2D eigenvalue weighted by Crippen LogP contribution is 2.16. The predicted molar refractivity (Wildman–Crippen MR) is 90.2 cm³/mol. The first kappa shape index (κ1) is 18.0. The first-order chi connectivity index (χ1) is 11.5. The van der Waals surface area contributed by atoms with Gasteiger partial charge in [0.1, 0.15) is 12.4 Å². The normalized spacial score (nSPS) is 11.2.